The Morgan fingerprint density at radius 3 is 2.88 bits per heavy atom. The first-order valence-corrected chi connectivity index (χ1v) is 12.9. The van der Waals surface area contributed by atoms with Gasteiger partial charge in [0, 0.05) is 16.7 Å². The van der Waals surface area contributed by atoms with Gasteiger partial charge in [-0.05, 0) is 63.1 Å². The molecule has 3 saturated carbocycles. The van der Waals surface area contributed by atoms with E-state index in [0.717, 1.165) is 37.7 Å². The minimum absolute atomic E-state index is 0.00730. The molecule has 5 rings (SSSR count). The fourth-order valence-corrected chi connectivity index (χ4v) is 8.36. The average Bonchev–Trinajstić information content (AvgIpc) is 3.26. The molecule has 4 fully saturated rings. The lowest BCUT2D eigenvalue weighted by Gasteiger charge is -2.59. The Balaban J connectivity index is 1.51. The summed E-state index contributed by atoms with van der Waals surface area (Å²) in [6.07, 6.45) is 8.71. The van der Waals surface area contributed by atoms with Gasteiger partial charge in [-0.2, -0.15) is 0 Å². The number of aliphatic hydroxyl groups is 1. The minimum Gasteiger partial charge on any atom is -0.393 e. The van der Waals surface area contributed by atoms with Gasteiger partial charge in [0.25, 0.3) is 0 Å². The van der Waals surface area contributed by atoms with E-state index in [9.17, 15) is 14.7 Å². The molecule has 0 bridgehead atoms. The highest BCUT2D eigenvalue weighted by atomic mass is 16.7. The molecular weight excluding hydrogens is 434 g/mol. The van der Waals surface area contributed by atoms with Crippen LogP contribution in [0.2, 0.25) is 0 Å². The summed E-state index contributed by atoms with van der Waals surface area (Å²) in [4.78, 5) is 25.9. The first kappa shape index (κ1) is 24.3. The molecule has 9 unspecified atom stereocenters. The number of allylic oxidation sites excluding steroid dienone is 4. The Labute approximate surface area is 202 Å². The van der Waals surface area contributed by atoms with Gasteiger partial charge >= 0.3 is 0 Å². The third kappa shape index (κ3) is 3.27. The highest BCUT2D eigenvalue weighted by molar-refractivity contribution is 6.01. The van der Waals surface area contributed by atoms with E-state index in [2.05, 4.69) is 26.1 Å². The second kappa shape index (κ2) is 8.63. The summed E-state index contributed by atoms with van der Waals surface area (Å²) in [6.45, 7) is 6.63. The molecule has 7 heteroatoms. The van der Waals surface area contributed by atoms with Gasteiger partial charge in [0.2, 0.25) is 0 Å². The summed E-state index contributed by atoms with van der Waals surface area (Å²) in [5, 5.41) is 14.6. The molecule has 0 aromatic carbocycles. The standard InChI is InChI=1S/C27H39NO6/c1-5-6-23-33-22-12-19-18-8-7-16-11-17(29)9-10-25(16,2)24(18)20(30)13-26(19,3)27(22,34-23)21(31)14-32-15-28-4/h9-11,18-20,22-24,28,30H,5-8,12-15H2,1-4H3. The maximum atomic E-state index is 13.8. The molecule has 0 aromatic heterocycles. The van der Waals surface area contributed by atoms with Crippen molar-refractivity contribution in [1.82, 2.24) is 5.32 Å². The molecule has 0 spiro atoms. The third-order valence-corrected chi connectivity index (χ3v) is 9.71. The van der Waals surface area contributed by atoms with Gasteiger partial charge in [-0.15, -0.1) is 0 Å². The van der Waals surface area contributed by atoms with Crippen molar-refractivity contribution in [2.24, 2.45) is 28.6 Å². The van der Waals surface area contributed by atoms with E-state index in [0.29, 0.717) is 6.42 Å². The number of rotatable bonds is 7. The predicted molar refractivity (Wildman–Crippen MR) is 126 cm³/mol. The van der Waals surface area contributed by atoms with Crippen LogP contribution in [0.5, 0.6) is 0 Å². The molecular formula is C27H39NO6. The van der Waals surface area contributed by atoms with Crippen LogP contribution in [0.25, 0.3) is 0 Å². The first-order valence-electron chi connectivity index (χ1n) is 12.9. The van der Waals surface area contributed by atoms with Gasteiger partial charge in [0.1, 0.15) is 6.61 Å². The van der Waals surface area contributed by atoms with Crippen molar-refractivity contribution < 1.29 is 28.9 Å². The van der Waals surface area contributed by atoms with Crippen LogP contribution in [0.15, 0.2) is 23.8 Å². The summed E-state index contributed by atoms with van der Waals surface area (Å²) >= 11 is 0. The van der Waals surface area contributed by atoms with Crippen LogP contribution < -0.4 is 5.32 Å². The van der Waals surface area contributed by atoms with E-state index in [1.54, 1.807) is 19.2 Å². The van der Waals surface area contributed by atoms with Crippen LogP contribution in [-0.4, -0.2) is 61.2 Å². The molecule has 1 saturated heterocycles. The number of ether oxygens (including phenoxy) is 3. The number of aliphatic hydroxyl groups excluding tert-OH is 1. The normalized spacial score (nSPS) is 47.0. The van der Waals surface area contributed by atoms with Crippen molar-refractivity contribution in [2.75, 3.05) is 20.4 Å². The van der Waals surface area contributed by atoms with E-state index in [1.165, 1.54) is 0 Å². The molecule has 34 heavy (non-hydrogen) atoms. The summed E-state index contributed by atoms with van der Waals surface area (Å²) < 4.78 is 18.6. The minimum atomic E-state index is -1.10. The Morgan fingerprint density at radius 2 is 2.15 bits per heavy atom. The monoisotopic (exact) mass is 473 g/mol. The zero-order chi connectivity index (χ0) is 24.3. The molecule has 1 aliphatic heterocycles. The number of carbonyl (C=O) groups is 2. The number of ketones is 2. The SMILES string of the molecule is CCCC1OC2CC3C4CCC5=CC(=O)C=CC5(C)C4C(O)CC3(C)C2(C(=O)COCNC)O1. The lowest BCUT2D eigenvalue weighted by Crippen LogP contribution is -2.63. The van der Waals surface area contributed by atoms with Crippen LogP contribution in [-0.2, 0) is 23.8 Å². The molecule has 0 radical (unpaired) electrons. The number of Topliss-reactive ketones (excluding diaryl/α,β-unsaturated/α-hetero) is 1. The molecule has 5 aliphatic rings. The lowest BCUT2D eigenvalue weighted by atomic mass is 9.46. The Morgan fingerprint density at radius 1 is 1.35 bits per heavy atom. The van der Waals surface area contributed by atoms with Crippen molar-refractivity contribution in [3.63, 3.8) is 0 Å². The van der Waals surface area contributed by atoms with Gasteiger partial charge < -0.3 is 19.3 Å². The molecule has 4 aliphatic carbocycles. The van der Waals surface area contributed by atoms with Crippen molar-refractivity contribution in [1.29, 1.82) is 0 Å². The largest absolute Gasteiger partial charge is 0.393 e. The second-order valence-electron chi connectivity index (χ2n) is 11.4. The summed E-state index contributed by atoms with van der Waals surface area (Å²) in [7, 11) is 1.78. The fourth-order valence-electron chi connectivity index (χ4n) is 8.36. The van der Waals surface area contributed by atoms with E-state index in [1.807, 2.05) is 6.08 Å². The maximum absolute atomic E-state index is 13.8. The third-order valence-electron chi connectivity index (χ3n) is 9.71. The molecule has 0 aromatic rings. The van der Waals surface area contributed by atoms with E-state index in [-0.39, 0.29) is 54.2 Å². The van der Waals surface area contributed by atoms with Crippen molar-refractivity contribution in [2.45, 2.75) is 83.4 Å². The number of carbonyl (C=O) groups excluding carboxylic acids is 2. The van der Waals surface area contributed by atoms with Gasteiger partial charge in [0.15, 0.2) is 23.5 Å². The molecule has 2 N–H and O–H groups in total. The van der Waals surface area contributed by atoms with Crippen molar-refractivity contribution in [3.05, 3.63) is 23.8 Å². The zero-order valence-electron chi connectivity index (χ0n) is 20.8. The maximum Gasteiger partial charge on any atom is 0.193 e. The average molecular weight is 474 g/mol. The number of hydrogen-bond acceptors (Lipinski definition) is 7. The van der Waals surface area contributed by atoms with Crippen LogP contribution in [0, 0.1) is 28.6 Å². The highest BCUT2D eigenvalue weighted by Gasteiger charge is 2.75. The van der Waals surface area contributed by atoms with Gasteiger partial charge in [-0.1, -0.05) is 38.8 Å². The van der Waals surface area contributed by atoms with Gasteiger partial charge in [-0.25, -0.2) is 0 Å². The second-order valence-corrected chi connectivity index (χ2v) is 11.4. The summed E-state index contributed by atoms with van der Waals surface area (Å²) in [5.74, 6) is 0.372. The van der Waals surface area contributed by atoms with Crippen LogP contribution >= 0.6 is 0 Å². The summed E-state index contributed by atoms with van der Waals surface area (Å²) in [6, 6.07) is 0. The van der Waals surface area contributed by atoms with E-state index in [4.69, 9.17) is 14.2 Å². The van der Waals surface area contributed by atoms with Crippen molar-refractivity contribution in [3.8, 4) is 0 Å². The number of fused-ring (bicyclic) bond motifs is 7. The highest BCUT2D eigenvalue weighted by Crippen LogP contribution is 2.69. The van der Waals surface area contributed by atoms with Crippen LogP contribution in [0.3, 0.4) is 0 Å². The fraction of sp³-hybridized carbons (Fsp3) is 0.778. The predicted octanol–water partition coefficient (Wildman–Crippen LogP) is 2.92. The molecule has 7 nitrogen and oxygen atoms in total. The number of hydrogen-bond donors (Lipinski definition) is 2. The molecule has 1 heterocycles. The molecule has 0 amide bonds. The lowest BCUT2D eigenvalue weighted by molar-refractivity contribution is -0.201. The van der Waals surface area contributed by atoms with Crippen molar-refractivity contribution >= 4 is 11.6 Å². The molecule has 9 atom stereocenters. The van der Waals surface area contributed by atoms with Crippen LogP contribution in [0.1, 0.15) is 59.3 Å². The zero-order valence-corrected chi connectivity index (χ0v) is 20.8. The van der Waals surface area contributed by atoms with Crippen LogP contribution in [0.4, 0.5) is 0 Å². The quantitative estimate of drug-likeness (QED) is 0.434. The summed E-state index contributed by atoms with van der Waals surface area (Å²) in [5.41, 5.74) is -0.863. The van der Waals surface area contributed by atoms with Gasteiger partial charge in [0.05, 0.1) is 18.9 Å². The Hall–Kier alpha value is -1.38. The Kier molecular flexibility index (Phi) is 6.17. The number of nitrogens with one attached hydrogen (secondary N) is 1. The van der Waals surface area contributed by atoms with E-state index >= 15 is 0 Å². The topological polar surface area (TPSA) is 94.1 Å². The Bertz CT molecular complexity index is 915. The van der Waals surface area contributed by atoms with Gasteiger partial charge in [-0.3, -0.25) is 14.9 Å². The molecule has 188 valence electrons. The first-order chi connectivity index (χ1) is 16.2. The smallest absolute Gasteiger partial charge is 0.193 e. The van der Waals surface area contributed by atoms with E-state index < -0.39 is 23.4 Å².